The van der Waals surface area contributed by atoms with Crippen molar-refractivity contribution in [3.05, 3.63) is 35.4 Å². The molecule has 2 unspecified atom stereocenters. The van der Waals surface area contributed by atoms with Gasteiger partial charge < -0.3 is 10.1 Å². The minimum Gasteiger partial charge on any atom is -0.469 e. The summed E-state index contributed by atoms with van der Waals surface area (Å²) in [5.74, 6) is -0.715. The van der Waals surface area contributed by atoms with Crippen LogP contribution in [0.25, 0.3) is 0 Å². The third-order valence-corrected chi connectivity index (χ3v) is 5.78. The van der Waals surface area contributed by atoms with Crippen LogP contribution in [0.1, 0.15) is 30.5 Å². The van der Waals surface area contributed by atoms with Crippen LogP contribution in [0.2, 0.25) is 0 Å². The normalized spacial score (nSPS) is 14.5. The van der Waals surface area contributed by atoms with Gasteiger partial charge in [-0.1, -0.05) is 29.8 Å². The highest BCUT2D eigenvalue weighted by Crippen LogP contribution is 2.23. The van der Waals surface area contributed by atoms with Crippen molar-refractivity contribution in [1.82, 2.24) is 5.32 Å². The molecule has 0 radical (unpaired) electrons. The van der Waals surface area contributed by atoms with Crippen molar-refractivity contribution < 1.29 is 17.9 Å². The van der Waals surface area contributed by atoms with Gasteiger partial charge in [-0.15, -0.1) is 0 Å². The maximum absolute atomic E-state index is 12.3. The van der Waals surface area contributed by atoms with Crippen LogP contribution in [-0.4, -0.2) is 39.5 Å². The Bertz CT molecular complexity index is 566. The van der Waals surface area contributed by atoms with Crippen LogP contribution >= 0.6 is 0 Å². The Balaban J connectivity index is 2.89. The molecule has 0 fully saturated rings. The summed E-state index contributed by atoms with van der Waals surface area (Å²) in [6.45, 7) is 3.64. The van der Waals surface area contributed by atoms with Gasteiger partial charge in [0, 0.05) is 6.04 Å². The molecular formula is C15H23NO4S. The zero-order valence-electron chi connectivity index (χ0n) is 12.9. The number of hydrogen-bond acceptors (Lipinski definition) is 5. The monoisotopic (exact) mass is 313 g/mol. The Hall–Kier alpha value is -1.40. The first kappa shape index (κ1) is 17.7. The predicted molar refractivity (Wildman–Crippen MR) is 82.9 cm³/mol. The summed E-state index contributed by atoms with van der Waals surface area (Å²) >= 11 is 0. The first-order valence-corrected chi connectivity index (χ1v) is 8.55. The molecule has 0 aromatic heterocycles. The molecule has 0 bridgehead atoms. The van der Waals surface area contributed by atoms with Crippen LogP contribution in [0.3, 0.4) is 0 Å². The molecule has 0 saturated carbocycles. The first-order chi connectivity index (χ1) is 9.81. The minimum absolute atomic E-state index is 0.118. The SMILES string of the molecule is CNC(c1ccc(C)cc1)C(C)S(=O)(=O)CCC(=O)OC. The number of carbonyl (C=O) groups excluding carboxylic acids is 1. The van der Waals surface area contributed by atoms with Crippen molar-refractivity contribution in [2.75, 3.05) is 19.9 Å². The molecule has 0 heterocycles. The zero-order chi connectivity index (χ0) is 16.0. The number of esters is 1. The number of benzene rings is 1. The number of nitrogens with one attached hydrogen (secondary N) is 1. The van der Waals surface area contributed by atoms with E-state index >= 15 is 0 Å². The van der Waals surface area contributed by atoms with Crippen molar-refractivity contribution in [3.63, 3.8) is 0 Å². The second-order valence-corrected chi connectivity index (χ2v) is 7.55. The summed E-state index contributed by atoms with van der Waals surface area (Å²) in [6, 6.07) is 7.43. The lowest BCUT2D eigenvalue weighted by atomic mass is 10.0. The number of methoxy groups -OCH3 is 1. The molecule has 21 heavy (non-hydrogen) atoms. The Labute approximate surface area is 126 Å². The second kappa shape index (κ2) is 7.56. The standard InChI is InChI=1S/C15H23NO4S/c1-11-5-7-13(8-6-11)15(16-3)12(2)21(18,19)10-9-14(17)20-4/h5-8,12,15-16H,9-10H2,1-4H3. The lowest BCUT2D eigenvalue weighted by Crippen LogP contribution is -2.35. The van der Waals surface area contributed by atoms with Gasteiger partial charge in [0.25, 0.3) is 0 Å². The zero-order valence-corrected chi connectivity index (χ0v) is 13.7. The lowest BCUT2D eigenvalue weighted by Gasteiger charge is -2.24. The van der Waals surface area contributed by atoms with Crippen molar-refractivity contribution >= 4 is 15.8 Å². The molecule has 118 valence electrons. The fraction of sp³-hybridized carbons (Fsp3) is 0.533. The maximum atomic E-state index is 12.3. The summed E-state index contributed by atoms with van der Waals surface area (Å²) in [6.07, 6.45) is -0.118. The van der Waals surface area contributed by atoms with E-state index in [1.54, 1.807) is 14.0 Å². The summed E-state index contributed by atoms with van der Waals surface area (Å²) in [5, 5.41) is 2.42. The van der Waals surface area contributed by atoms with E-state index in [1.165, 1.54) is 7.11 Å². The van der Waals surface area contributed by atoms with Crippen LogP contribution in [0, 0.1) is 6.92 Å². The van der Waals surface area contributed by atoms with E-state index in [2.05, 4.69) is 10.1 Å². The fourth-order valence-electron chi connectivity index (χ4n) is 2.17. The predicted octanol–water partition coefficient (Wildman–Crippen LogP) is 1.62. The van der Waals surface area contributed by atoms with Crippen molar-refractivity contribution in [3.8, 4) is 0 Å². The highest BCUT2D eigenvalue weighted by Gasteiger charge is 2.30. The average Bonchev–Trinajstić information content (AvgIpc) is 2.47. The molecule has 0 aliphatic rings. The highest BCUT2D eigenvalue weighted by molar-refractivity contribution is 7.92. The van der Waals surface area contributed by atoms with E-state index in [9.17, 15) is 13.2 Å². The molecule has 0 aliphatic carbocycles. The lowest BCUT2D eigenvalue weighted by molar-refractivity contribution is -0.140. The molecule has 0 saturated heterocycles. The summed E-state index contributed by atoms with van der Waals surface area (Å²) in [7, 11) is -0.414. The molecule has 1 aromatic carbocycles. The average molecular weight is 313 g/mol. The van der Waals surface area contributed by atoms with E-state index in [-0.39, 0.29) is 18.2 Å². The molecule has 1 rings (SSSR count). The van der Waals surface area contributed by atoms with Crippen LogP contribution in [0.5, 0.6) is 0 Å². The van der Waals surface area contributed by atoms with Gasteiger partial charge in [0.05, 0.1) is 24.5 Å². The molecule has 1 aromatic rings. The summed E-state index contributed by atoms with van der Waals surface area (Å²) in [5.41, 5.74) is 2.03. The molecular weight excluding hydrogens is 290 g/mol. The Kier molecular flexibility index (Phi) is 6.36. The van der Waals surface area contributed by atoms with Gasteiger partial charge in [0.15, 0.2) is 9.84 Å². The molecule has 6 heteroatoms. The number of carbonyl (C=O) groups is 1. The third kappa shape index (κ3) is 4.82. The molecule has 0 amide bonds. The van der Waals surface area contributed by atoms with Crippen LogP contribution in [0.4, 0.5) is 0 Å². The van der Waals surface area contributed by atoms with E-state index in [4.69, 9.17) is 0 Å². The van der Waals surface area contributed by atoms with Crippen molar-refractivity contribution in [2.24, 2.45) is 0 Å². The van der Waals surface area contributed by atoms with Gasteiger partial charge in [-0.2, -0.15) is 0 Å². The van der Waals surface area contributed by atoms with Crippen LogP contribution in [0.15, 0.2) is 24.3 Å². The number of sulfone groups is 1. The number of hydrogen-bond donors (Lipinski definition) is 1. The van der Waals surface area contributed by atoms with Crippen LogP contribution in [-0.2, 0) is 19.4 Å². The van der Waals surface area contributed by atoms with Gasteiger partial charge in [-0.25, -0.2) is 8.42 Å². The smallest absolute Gasteiger partial charge is 0.306 e. The van der Waals surface area contributed by atoms with Crippen molar-refractivity contribution in [2.45, 2.75) is 31.6 Å². The first-order valence-electron chi connectivity index (χ1n) is 6.84. The number of ether oxygens (including phenoxy) is 1. The van der Waals surface area contributed by atoms with Gasteiger partial charge in [-0.3, -0.25) is 4.79 Å². The summed E-state index contributed by atoms with van der Waals surface area (Å²) in [4.78, 5) is 11.1. The third-order valence-electron chi connectivity index (χ3n) is 3.60. The molecule has 2 atom stereocenters. The van der Waals surface area contributed by atoms with Gasteiger partial charge in [-0.05, 0) is 26.5 Å². The van der Waals surface area contributed by atoms with Crippen molar-refractivity contribution in [1.29, 1.82) is 0 Å². The Morgan fingerprint density at radius 3 is 2.33 bits per heavy atom. The molecule has 5 nitrogen and oxygen atoms in total. The van der Waals surface area contributed by atoms with E-state index in [0.717, 1.165) is 11.1 Å². The Morgan fingerprint density at radius 2 is 1.86 bits per heavy atom. The van der Waals surface area contributed by atoms with E-state index < -0.39 is 21.1 Å². The van der Waals surface area contributed by atoms with E-state index in [1.807, 2.05) is 31.2 Å². The van der Waals surface area contributed by atoms with Gasteiger partial charge >= 0.3 is 5.97 Å². The quantitative estimate of drug-likeness (QED) is 0.775. The molecule has 1 N–H and O–H groups in total. The largest absolute Gasteiger partial charge is 0.469 e. The van der Waals surface area contributed by atoms with Gasteiger partial charge in [0.1, 0.15) is 0 Å². The summed E-state index contributed by atoms with van der Waals surface area (Å²) < 4.78 is 29.2. The number of aryl methyl sites for hydroxylation is 1. The Morgan fingerprint density at radius 1 is 1.29 bits per heavy atom. The topological polar surface area (TPSA) is 72.5 Å². The molecule has 0 spiro atoms. The highest BCUT2D eigenvalue weighted by atomic mass is 32.2. The maximum Gasteiger partial charge on any atom is 0.306 e. The minimum atomic E-state index is -3.40. The second-order valence-electron chi connectivity index (χ2n) is 5.08. The van der Waals surface area contributed by atoms with E-state index in [0.29, 0.717) is 0 Å². The molecule has 0 aliphatic heterocycles. The van der Waals surface area contributed by atoms with Crippen LogP contribution < -0.4 is 5.32 Å². The fourth-order valence-corrected chi connectivity index (χ4v) is 3.70. The number of rotatable bonds is 7. The van der Waals surface area contributed by atoms with Gasteiger partial charge in [0.2, 0.25) is 0 Å².